The number of thiocarbonyl (C=S) groups is 1. The lowest BCUT2D eigenvalue weighted by Crippen LogP contribution is -2.71. The molecule has 0 saturated carbocycles. The molecule has 0 radical (unpaired) electrons. The van der Waals surface area contributed by atoms with E-state index in [-0.39, 0.29) is 26.7 Å². The number of alkyl halides is 1. The van der Waals surface area contributed by atoms with Gasteiger partial charge in [0.25, 0.3) is 11.8 Å². The zero-order chi connectivity index (χ0) is 24.8. The van der Waals surface area contributed by atoms with Crippen LogP contribution in [0.2, 0.25) is 0 Å². The van der Waals surface area contributed by atoms with Gasteiger partial charge in [0.1, 0.15) is 33.6 Å². The highest BCUT2D eigenvalue weighted by atomic mass is 35.5. The van der Waals surface area contributed by atoms with E-state index in [1.165, 1.54) is 24.3 Å². The van der Waals surface area contributed by atoms with Crippen molar-refractivity contribution in [2.24, 2.45) is 5.16 Å². The fourth-order valence-electron chi connectivity index (χ4n) is 2.35. The van der Waals surface area contributed by atoms with E-state index in [1.807, 2.05) is 6.92 Å². The topological polar surface area (TPSA) is 167 Å². The summed E-state index contributed by atoms with van der Waals surface area (Å²) >= 11 is 13.8. The number of nitrogens with zero attached hydrogens (tertiary/aromatic N) is 3. The number of nitrogens with one attached hydrogen (secondary N) is 2. The Morgan fingerprint density at radius 3 is 2.76 bits per heavy atom. The summed E-state index contributed by atoms with van der Waals surface area (Å²) in [6.07, 6.45) is 0.814. The number of carbonyl (C=O) groups is 3. The summed E-state index contributed by atoms with van der Waals surface area (Å²) in [6, 6.07) is -1.32. The molecule has 33 heavy (non-hydrogen) atoms. The average molecular weight is 576 g/mol. The number of halogens is 1. The number of rotatable bonds is 10. The molecule has 1 aromatic heterocycles. The van der Waals surface area contributed by atoms with Crippen molar-refractivity contribution >= 4 is 101 Å². The Bertz CT molecular complexity index is 1060. The summed E-state index contributed by atoms with van der Waals surface area (Å²) in [5.41, 5.74) is -0.300. The molecule has 182 valence electrons. The van der Waals surface area contributed by atoms with Gasteiger partial charge in [-0.1, -0.05) is 36.1 Å². The second-order valence-corrected chi connectivity index (χ2v) is 11.8. The molecule has 0 aliphatic carbocycles. The number of oxime groups is 1. The molecule has 2 heterocycles. The van der Waals surface area contributed by atoms with Gasteiger partial charge in [-0.2, -0.15) is 12.7 Å². The number of aromatic nitrogens is 1. The highest BCUT2D eigenvalue weighted by Gasteiger charge is 2.55. The number of carbonyl (C=O) groups excluding carboxylic acids is 3. The number of amides is 3. The number of thioether (sulfide) groups is 2. The molecular formula is C15H18ClN5O7S5. The normalized spacial score (nSPS) is 18.5. The molecule has 0 aromatic carbocycles. The van der Waals surface area contributed by atoms with Crippen LogP contribution >= 0.6 is 58.7 Å². The molecule has 2 atom stereocenters. The van der Waals surface area contributed by atoms with Crippen LogP contribution in [-0.4, -0.2) is 79.4 Å². The van der Waals surface area contributed by atoms with Crippen LogP contribution in [-0.2, 0) is 29.5 Å². The Morgan fingerprint density at radius 2 is 2.18 bits per heavy atom. The predicted octanol–water partition coefficient (Wildman–Crippen LogP) is 1.29. The third-order valence-corrected chi connectivity index (χ3v) is 8.78. The van der Waals surface area contributed by atoms with Gasteiger partial charge in [0.15, 0.2) is 10.8 Å². The van der Waals surface area contributed by atoms with E-state index in [2.05, 4.69) is 25.6 Å². The summed E-state index contributed by atoms with van der Waals surface area (Å²) in [5.74, 6) is -2.07. The van der Waals surface area contributed by atoms with Gasteiger partial charge in [-0.05, 0) is 12.2 Å². The lowest BCUT2D eigenvalue weighted by molar-refractivity contribution is -0.140. The number of anilines is 1. The van der Waals surface area contributed by atoms with E-state index >= 15 is 0 Å². The van der Waals surface area contributed by atoms with Crippen LogP contribution in [0.5, 0.6) is 0 Å². The highest BCUT2D eigenvalue weighted by Crippen LogP contribution is 2.36. The van der Waals surface area contributed by atoms with Crippen LogP contribution in [0, 0.1) is 0 Å². The van der Waals surface area contributed by atoms with Gasteiger partial charge in [0.2, 0.25) is 5.91 Å². The van der Waals surface area contributed by atoms with Crippen molar-refractivity contribution in [3.05, 3.63) is 11.1 Å². The number of β-lactam (4-membered cyclic amide) rings is 1. The molecule has 1 aliphatic heterocycles. The summed E-state index contributed by atoms with van der Waals surface area (Å²) in [4.78, 5) is 45.4. The molecule has 0 bridgehead atoms. The van der Waals surface area contributed by atoms with Crippen LogP contribution in [0.25, 0.3) is 0 Å². The minimum absolute atomic E-state index is 0.0286. The van der Waals surface area contributed by atoms with Gasteiger partial charge < -0.3 is 15.5 Å². The van der Waals surface area contributed by atoms with Crippen molar-refractivity contribution in [3.63, 3.8) is 0 Å². The quantitative estimate of drug-likeness (QED) is 0.0918. The third kappa shape index (κ3) is 7.24. The molecule has 1 aliphatic rings. The molecule has 0 unspecified atom stereocenters. The second-order valence-electron chi connectivity index (χ2n) is 6.01. The SMILES string of the molecule is CCCSC(=S)S[C@H]1[C@H](NC(=O)C(=NOC)c2csc(NC(=O)CCl)n2)C(=O)N1S(=O)(=O)O. The molecule has 3 amide bonds. The molecule has 0 spiro atoms. The van der Waals surface area contributed by atoms with Gasteiger partial charge in [-0.15, -0.1) is 34.7 Å². The highest BCUT2D eigenvalue weighted by molar-refractivity contribution is 8.47. The molecule has 3 N–H and O–H groups in total. The van der Waals surface area contributed by atoms with Gasteiger partial charge in [0, 0.05) is 5.38 Å². The minimum Gasteiger partial charge on any atom is -0.398 e. The number of hydrogen-bond acceptors (Lipinski definition) is 12. The predicted molar refractivity (Wildman–Crippen MR) is 132 cm³/mol. The summed E-state index contributed by atoms with van der Waals surface area (Å²) < 4.78 is 33.2. The first-order valence-corrected chi connectivity index (χ1v) is 14.0. The Labute approximate surface area is 212 Å². The van der Waals surface area contributed by atoms with Crippen LogP contribution in [0.1, 0.15) is 19.0 Å². The molecule has 12 nitrogen and oxygen atoms in total. The van der Waals surface area contributed by atoms with E-state index in [4.69, 9.17) is 23.8 Å². The number of thiazole rings is 1. The Morgan fingerprint density at radius 1 is 1.48 bits per heavy atom. The molecule has 1 fully saturated rings. The van der Waals surface area contributed by atoms with Crippen molar-refractivity contribution in [1.29, 1.82) is 0 Å². The van der Waals surface area contributed by atoms with Gasteiger partial charge in [-0.25, -0.2) is 4.98 Å². The maximum Gasteiger partial charge on any atom is 0.363 e. The van der Waals surface area contributed by atoms with Crippen molar-refractivity contribution in [3.8, 4) is 0 Å². The lowest BCUT2D eigenvalue weighted by atomic mass is 10.1. The van der Waals surface area contributed by atoms with E-state index in [1.54, 1.807) is 0 Å². The molecular weight excluding hydrogens is 558 g/mol. The average Bonchev–Trinajstić information content (AvgIpc) is 3.20. The first kappa shape index (κ1) is 27.7. The monoisotopic (exact) mass is 575 g/mol. The Kier molecular flexibility index (Phi) is 10.3. The summed E-state index contributed by atoms with van der Waals surface area (Å²) in [5, 5.41) is 8.79. The first-order valence-electron chi connectivity index (χ1n) is 8.91. The summed E-state index contributed by atoms with van der Waals surface area (Å²) in [7, 11) is -3.68. The van der Waals surface area contributed by atoms with Crippen LogP contribution in [0.15, 0.2) is 10.5 Å². The van der Waals surface area contributed by atoms with Gasteiger partial charge in [0.05, 0.1) is 0 Å². The van der Waals surface area contributed by atoms with E-state index in [0.717, 1.165) is 29.5 Å². The van der Waals surface area contributed by atoms with Crippen molar-refractivity contribution in [1.82, 2.24) is 14.6 Å². The van der Waals surface area contributed by atoms with Crippen LogP contribution in [0.4, 0.5) is 5.13 Å². The maximum atomic E-state index is 12.8. The second kappa shape index (κ2) is 12.3. The van der Waals surface area contributed by atoms with E-state index in [0.29, 0.717) is 9.28 Å². The zero-order valence-electron chi connectivity index (χ0n) is 17.0. The third-order valence-electron chi connectivity index (χ3n) is 3.69. The summed E-state index contributed by atoms with van der Waals surface area (Å²) in [6.45, 7) is 1.93. The molecule has 1 aromatic rings. The lowest BCUT2D eigenvalue weighted by Gasteiger charge is -2.43. The fourth-order valence-corrected chi connectivity index (χ4v) is 6.76. The van der Waals surface area contributed by atoms with Gasteiger partial charge >= 0.3 is 10.3 Å². The largest absolute Gasteiger partial charge is 0.398 e. The molecule has 18 heteroatoms. The van der Waals surface area contributed by atoms with Gasteiger partial charge in [-0.3, -0.25) is 18.9 Å². The maximum absolute atomic E-state index is 12.8. The minimum atomic E-state index is -4.87. The van der Waals surface area contributed by atoms with Crippen molar-refractivity contribution in [2.75, 3.05) is 24.1 Å². The standard InChI is InChI=1S/C15H18ClN5O7S5/c1-3-4-30-15(29)32-13-10(12(24)21(13)33(25,26)27)19-11(23)9(20-28-2)7-6-31-14(17-7)18-8(22)5-16/h6,10,13H,3-5H2,1-2H3,(H,19,23)(H,17,18,22)(H,25,26,27)/t10-,13+/m1/s1. The zero-order valence-corrected chi connectivity index (χ0v) is 21.8. The Hall–Kier alpha value is -1.50. The molecule has 2 rings (SSSR count). The van der Waals surface area contributed by atoms with E-state index in [9.17, 15) is 27.4 Å². The van der Waals surface area contributed by atoms with Crippen molar-refractivity contribution < 1.29 is 32.2 Å². The van der Waals surface area contributed by atoms with E-state index < -0.39 is 39.4 Å². The molecule has 1 saturated heterocycles. The first-order chi connectivity index (χ1) is 15.5. The fraction of sp³-hybridized carbons (Fsp3) is 0.467. The number of hydrogen-bond donors (Lipinski definition) is 3. The van der Waals surface area contributed by atoms with Crippen LogP contribution < -0.4 is 10.6 Å². The smallest absolute Gasteiger partial charge is 0.363 e. The Balaban J connectivity index is 2.21. The van der Waals surface area contributed by atoms with Crippen LogP contribution in [0.3, 0.4) is 0 Å². The van der Waals surface area contributed by atoms with Crippen molar-refractivity contribution in [2.45, 2.75) is 24.8 Å².